The van der Waals surface area contributed by atoms with E-state index in [2.05, 4.69) is 25.5 Å². The van der Waals surface area contributed by atoms with Crippen molar-refractivity contribution in [3.05, 3.63) is 17.4 Å². The van der Waals surface area contributed by atoms with Crippen LogP contribution in [0, 0.1) is 0 Å². The van der Waals surface area contributed by atoms with E-state index in [0.717, 1.165) is 41.8 Å². The van der Waals surface area contributed by atoms with Crippen LogP contribution in [0.3, 0.4) is 0 Å². The van der Waals surface area contributed by atoms with Crippen LogP contribution >= 0.6 is 11.6 Å². The predicted molar refractivity (Wildman–Crippen MR) is 102 cm³/mol. The van der Waals surface area contributed by atoms with Crippen molar-refractivity contribution < 1.29 is 14.6 Å². The SMILES string of the molecule is CO[C@@H](C)CNc1c[nH]c2ncc(Cl)c(N3CCC[C@@H](NC(=O)O)C3)c12. The van der Waals surface area contributed by atoms with Gasteiger partial charge in [-0.1, -0.05) is 11.6 Å². The van der Waals surface area contributed by atoms with Gasteiger partial charge in [0.25, 0.3) is 0 Å². The van der Waals surface area contributed by atoms with Crippen LogP contribution < -0.4 is 15.5 Å². The van der Waals surface area contributed by atoms with Gasteiger partial charge in [-0.25, -0.2) is 9.78 Å². The van der Waals surface area contributed by atoms with E-state index in [4.69, 9.17) is 21.4 Å². The fourth-order valence-corrected chi connectivity index (χ4v) is 3.58. The molecule has 0 aromatic carbocycles. The van der Waals surface area contributed by atoms with Gasteiger partial charge >= 0.3 is 6.09 Å². The van der Waals surface area contributed by atoms with Gasteiger partial charge in [0.05, 0.1) is 34.1 Å². The summed E-state index contributed by atoms with van der Waals surface area (Å²) in [5.74, 6) is 0. The topological polar surface area (TPSA) is 103 Å². The number of nitrogens with one attached hydrogen (secondary N) is 3. The number of nitrogens with zero attached hydrogens (tertiary/aromatic N) is 2. The summed E-state index contributed by atoms with van der Waals surface area (Å²) < 4.78 is 5.29. The highest BCUT2D eigenvalue weighted by Gasteiger charge is 2.26. The zero-order chi connectivity index (χ0) is 18.7. The predicted octanol–water partition coefficient (Wildman–Crippen LogP) is 2.90. The van der Waals surface area contributed by atoms with E-state index in [1.807, 2.05) is 13.1 Å². The molecule has 0 aliphatic carbocycles. The van der Waals surface area contributed by atoms with Crippen LogP contribution in [0.4, 0.5) is 16.2 Å². The van der Waals surface area contributed by atoms with Crippen LogP contribution in [0.2, 0.25) is 5.02 Å². The minimum absolute atomic E-state index is 0.0645. The summed E-state index contributed by atoms with van der Waals surface area (Å²) in [5.41, 5.74) is 2.52. The molecule has 142 valence electrons. The summed E-state index contributed by atoms with van der Waals surface area (Å²) in [5, 5.41) is 16.4. The van der Waals surface area contributed by atoms with Gasteiger partial charge in [0.2, 0.25) is 0 Å². The minimum Gasteiger partial charge on any atom is -0.465 e. The van der Waals surface area contributed by atoms with Gasteiger partial charge < -0.3 is 30.4 Å². The lowest BCUT2D eigenvalue weighted by Crippen LogP contribution is -2.47. The number of pyridine rings is 1. The van der Waals surface area contributed by atoms with E-state index in [1.54, 1.807) is 13.3 Å². The van der Waals surface area contributed by atoms with Gasteiger partial charge in [-0.2, -0.15) is 0 Å². The first kappa shape index (κ1) is 18.6. The molecule has 2 aromatic rings. The normalized spacial score (nSPS) is 18.7. The number of carbonyl (C=O) groups is 1. The maximum Gasteiger partial charge on any atom is 0.404 e. The van der Waals surface area contributed by atoms with Crippen LogP contribution in [0.5, 0.6) is 0 Å². The number of piperidine rings is 1. The highest BCUT2D eigenvalue weighted by Crippen LogP contribution is 2.38. The Hall–Kier alpha value is -2.19. The molecule has 2 atom stereocenters. The molecule has 2 aromatic heterocycles. The van der Waals surface area contributed by atoms with Crippen LogP contribution in [0.1, 0.15) is 19.8 Å². The van der Waals surface area contributed by atoms with Crippen molar-refractivity contribution in [2.75, 3.05) is 37.0 Å². The Bertz CT molecular complexity index is 781. The van der Waals surface area contributed by atoms with Gasteiger partial charge in [0, 0.05) is 39.0 Å². The van der Waals surface area contributed by atoms with E-state index in [-0.39, 0.29) is 12.1 Å². The number of carboxylic acid groups (broad SMARTS) is 1. The summed E-state index contributed by atoms with van der Waals surface area (Å²) in [6.07, 6.45) is 4.27. The smallest absolute Gasteiger partial charge is 0.404 e. The molecule has 9 heteroatoms. The molecule has 4 N–H and O–H groups in total. The first-order valence-corrected chi connectivity index (χ1v) is 9.04. The van der Waals surface area contributed by atoms with E-state index in [1.165, 1.54) is 0 Å². The minimum atomic E-state index is -1.000. The highest BCUT2D eigenvalue weighted by atomic mass is 35.5. The van der Waals surface area contributed by atoms with E-state index < -0.39 is 6.09 Å². The van der Waals surface area contributed by atoms with Gasteiger partial charge in [0.15, 0.2) is 0 Å². The molecule has 0 spiro atoms. The summed E-state index contributed by atoms with van der Waals surface area (Å²) in [6, 6.07) is -0.121. The Balaban J connectivity index is 1.92. The quantitative estimate of drug-likeness (QED) is 0.613. The van der Waals surface area contributed by atoms with Crippen molar-refractivity contribution in [3.63, 3.8) is 0 Å². The number of anilines is 2. The number of fused-ring (bicyclic) bond motifs is 1. The summed E-state index contributed by atoms with van der Waals surface area (Å²) in [4.78, 5) is 20.7. The molecule has 0 unspecified atom stereocenters. The number of hydrogen-bond acceptors (Lipinski definition) is 5. The number of methoxy groups -OCH3 is 1. The Morgan fingerprint density at radius 1 is 1.62 bits per heavy atom. The first-order valence-electron chi connectivity index (χ1n) is 8.66. The molecule has 26 heavy (non-hydrogen) atoms. The van der Waals surface area contributed by atoms with Crippen molar-refractivity contribution in [2.24, 2.45) is 0 Å². The Morgan fingerprint density at radius 2 is 2.42 bits per heavy atom. The standard InChI is InChI=1S/C17H24ClN5O3/c1-10(26-2)6-19-13-8-21-16-14(13)15(12(18)7-20-16)23-5-3-4-11(9-23)22-17(24)25/h7-8,10-11,19,22H,3-6,9H2,1-2H3,(H,20,21)(H,24,25)/t10-,11+/m0/s1. The van der Waals surface area contributed by atoms with E-state index in [9.17, 15) is 4.79 Å². The Morgan fingerprint density at radius 3 is 3.15 bits per heavy atom. The van der Waals surface area contributed by atoms with Crippen LogP contribution in [-0.4, -0.2) is 60.1 Å². The second-order valence-electron chi connectivity index (χ2n) is 6.54. The van der Waals surface area contributed by atoms with Gasteiger partial charge in [0.1, 0.15) is 5.65 Å². The van der Waals surface area contributed by atoms with E-state index in [0.29, 0.717) is 18.1 Å². The number of amides is 1. The average Bonchev–Trinajstić information content (AvgIpc) is 3.02. The fourth-order valence-electron chi connectivity index (χ4n) is 3.31. The molecular weight excluding hydrogens is 358 g/mol. The summed E-state index contributed by atoms with van der Waals surface area (Å²) in [6.45, 7) is 4.03. The molecule has 1 amide bonds. The van der Waals surface area contributed by atoms with Crippen LogP contribution in [-0.2, 0) is 4.74 Å². The third kappa shape index (κ3) is 3.96. The number of rotatable bonds is 6. The Kier molecular flexibility index (Phi) is 5.73. The molecule has 1 fully saturated rings. The molecule has 0 radical (unpaired) electrons. The number of H-pyrrole nitrogens is 1. The zero-order valence-electron chi connectivity index (χ0n) is 14.9. The first-order chi connectivity index (χ1) is 12.5. The molecule has 8 nitrogen and oxygen atoms in total. The molecule has 1 aliphatic heterocycles. The maximum atomic E-state index is 11.0. The molecule has 0 saturated carbocycles. The van der Waals surface area contributed by atoms with Crippen LogP contribution in [0.15, 0.2) is 12.4 Å². The van der Waals surface area contributed by atoms with E-state index >= 15 is 0 Å². The number of ether oxygens (including phenoxy) is 1. The number of aromatic amines is 1. The number of hydrogen-bond donors (Lipinski definition) is 4. The fraction of sp³-hybridized carbons (Fsp3) is 0.529. The highest BCUT2D eigenvalue weighted by molar-refractivity contribution is 6.35. The van der Waals surface area contributed by atoms with Gasteiger partial charge in [-0.15, -0.1) is 0 Å². The average molecular weight is 382 g/mol. The lowest BCUT2D eigenvalue weighted by atomic mass is 10.0. The zero-order valence-corrected chi connectivity index (χ0v) is 15.6. The van der Waals surface area contributed by atoms with Crippen molar-refractivity contribution >= 4 is 40.1 Å². The molecule has 1 aliphatic rings. The lowest BCUT2D eigenvalue weighted by Gasteiger charge is -2.35. The van der Waals surface area contributed by atoms with Gasteiger partial charge in [-0.3, -0.25) is 0 Å². The number of halogens is 1. The third-order valence-corrected chi connectivity index (χ3v) is 4.95. The maximum absolute atomic E-state index is 11.0. The molecule has 3 rings (SSSR count). The van der Waals surface area contributed by atoms with Crippen molar-refractivity contribution in [3.8, 4) is 0 Å². The molecule has 3 heterocycles. The molecule has 1 saturated heterocycles. The van der Waals surface area contributed by atoms with Crippen molar-refractivity contribution in [1.29, 1.82) is 0 Å². The second-order valence-corrected chi connectivity index (χ2v) is 6.95. The lowest BCUT2D eigenvalue weighted by molar-refractivity contribution is 0.129. The van der Waals surface area contributed by atoms with Gasteiger partial charge in [-0.05, 0) is 19.8 Å². The monoisotopic (exact) mass is 381 g/mol. The third-order valence-electron chi connectivity index (χ3n) is 4.68. The van der Waals surface area contributed by atoms with Crippen LogP contribution in [0.25, 0.3) is 11.0 Å². The largest absolute Gasteiger partial charge is 0.465 e. The number of aromatic nitrogens is 2. The van der Waals surface area contributed by atoms with Crippen molar-refractivity contribution in [2.45, 2.75) is 31.9 Å². The second kappa shape index (κ2) is 8.01. The Labute approximate surface area is 156 Å². The summed E-state index contributed by atoms with van der Waals surface area (Å²) in [7, 11) is 1.68. The van der Waals surface area contributed by atoms with Crippen molar-refractivity contribution in [1.82, 2.24) is 15.3 Å². The molecular formula is C17H24ClN5O3. The summed E-state index contributed by atoms with van der Waals surface area (Å²) >= 11 is 6.50. The molecule has 0 bridgehead atoms.